The van der Waals surface area contributed by atoms with Crippen LogP contribution in [-0.2, 0) is 14.1 Å². The van der Waals surface area contributed by atoms with Gasteiger partial charge in [-0.2, -0.15) is 10.2 Å². The lowest BCUT2D eigenvalue weighted by Gasteiger charge is -2.03. The first kappa shape index (κ1) is 33.3. The fourth-order valence-electron chi connectivity index (χ4n) is 5.70. The molecule has 4 heterocycles. The Labute approximate surface area is 300 Å². The van der Waals surface area contributed by atoms with Crippen LogP contribution in [0.2, 0.25) is 0 Å². The number of hydrazone groups is 2. The number of nitrogens with zero attached hydrogens (tertiary/aromatic N) is 6. The lowest BCUT2D eigenvalue weighted by Crippen LogP contribution is -2.29. The number of fused-ring (bicyclic) bond motifs is 2. The van der Waals surface area contributed by atoms with Crippen molar-refractivity contribution < 1.29 is 18.7 Å². The van der Waals surface area contributed by atoms with Crippen LogP contribution in [0.15, 0.2) is 144 Å². The van der Waals surface area contributed by atoms with Gasteiger partial charge in [0, 0.05) is 23.3 Å². The predicted octanol–water partition coefficient (Wildman–Crippen LogP) is 5.71. The van der Waals surface area contributed by atoms with Crippen molar-refractivity contribution in [3.63, 3.8) is 0 Å². The topological polar surface area (TPSA) is 99.5 Å². The maximum absolute atomic E-state index is 12.6. The molecule has 4 aromatic heterocycles. The number of amides is 2. The normalized spacial score (nSPS) is 11.9. The number of nitrogens with one attached hydrogen (secondary N) is 2. The zero-order valence-corrected chi connectivity index (χ0v) is 28.7. The third kappa shape index (κ3) is 7.66. The second kappa shape index (κ2) is 15.1. The molecular weight excluding hydrogens is 649 g/mol. The maximum Gasteiger partial charge on any atom is 0.286 e. The van der Waals surface area contributed by atoms with Gasteiger partial charge in [0.05, 0.1) is 38.9 Å². The van der Waals surface area contributed by atoms with E-state index >= 15 is 0 Å². The molecule has 0 atom stereocenters. The van der Waals surface area contributed by atoms with Gasteiger partial charge in [-0.1, -0.05) is 72.8 Å². The summed E-state index contributed by atoms with van der Waals surface area (Å²) < 4.78 is 8.43. The highest BCUT2D eigenvalue weighted by Gasteiger charge is 2.12. The molecule has 10 nitrogen and oxygen atoms in total. The number of carbonyl (C=O) groups excluding carboxylic acids is 2. The van der Waals surface area contributed by atoms with Crippen molar-refractivity contribution in [2.75, 3.05) is 0 Å². The summed E-state index contributed by atoms with van der Waals surface area (Å²) in [7, 11) is 4.08. The summed E-state index contributed by atoms with van der Waals surface area (Å²) in [5.41, 5.74) is 14.0. The van der Waals surface area contributed by atoms with E-state index in [9.17, 15) is 9.59 Å². The van der Waals surface area contributed by atoms with Crippen molar-refractivity contribution >= 4 is 59.8 Å². The van der Waals surface area contributed by atoms with E-state index < -0.39 is 0 Å². The second-order valence-electron chi connectivity index (χ2n) is 12.1. The summed E-state index contributed by atoms with van der Waals surface area (Å²) in [6.45, 7) is 0. The Hall–Kier alpha value is -7.20. The van der Waals surface area contributed by atoms with Gasteiger partial charge in [0.15, 0.2) is 11.4 Å². The minimum Gasteiger partial charge on any atom is -0.267 e. The number of aromatic nitrogens is 4. The first-order chi connectivity index (χ1) is 25.4. The average Bonchev–Trinajstić information content (AvgIpc) is 3.68. The lowest BCUT2D eigenvalue weighted by atomic mass is 10.1. The third-order valence-corrected chi connectivity index (χ3v) is 8.67. The van der Waals surface area contributed by atoms with Crippen LogP contribution < -0.4 is 20.0 Å². The molecule has 0 saturated heterocycles. The Bertz CT molecular complexity index is 2330. The monoisotopic (exact) mass is 684 g/mol. The molecule has 0 fully saturated rings. The van der Waals surface area contributed by atoms with Gasteiger partial charge in [-0.05, 0) is 70.8 Å². The molecule has 52 heavy (non-hydrogen) atoms. The van der Waals surface area contributed by atoms with Crippen molar-refractivity contribution in [3.8, 4) is 0 Å². The molecule has 0 radical (unpaired) electrons. The van der Waals surface area contributed by atoms with E-state index in [0.29, 0.717) is 11.1 Å². The van der Waals surface area contributed by atoms with Crippen LogP contribution >= 0.6 is 0 Å². The average molecular weight is 685 g/mol. The molecule has 7 rings (SSSR count). The Morgan fingerprint density at radius 2 is 0.904 bits per heavy atom. The number of aryl methyl sites for hydroxylation is 2. The molecule has 0 spiro atoms. The van der Waals surface area contributed by atoms with Gasteiger partial charge >= 0.3 is 0 Å². The van der Waals surface area contributed by atoms with E-state index in [2.05, 4.69) is 87.8 Å². The van der Waals surface area contributed by atoms with E-state index in [1.165, 1.54) is 0 Å². The first-order valence-corrected chi connectivity index (χ1v) is 16.7. The molecule has 0 saturated carbocycles. The van der Waals surface area contributed by atoms with Crippen molar-refractivity contribution in [3.05, 3.63) is 179 Å². The maximum atomic E-state index is 12.6. The highest BCUT2D eigenvalue weighted by atomic mass is 16.2. The van der Waals surface area contributed by atoms with Gasteiger partial charge in [-0.3, -0.25) is 9.59 Å². The number of imidazole rings is 2. The predicted molar refractivity (Wildman–Crippen MR) is 204 cm³/mol. The van der Waals surface area contributed by atoms with Gasteiger partial charge in [-0.15, -0.1) is 0 Å². The fraction of sp³-hybridized carbons (Fsp3) is 0.0476. The Kier molecular flexibility index (Phi) is 9.70. The number of rotatable bonds is 10. The summed E-state index contributed by atoms with van der Waals surface area (Å²) in [5, 5.41) is 8.18. The standard InChI is InChI=1S/C42H34N8O2/c1-47-37(29-49-25-5-3-7-39(47)49)23-17-31-9-13-33(14-10-31)27-43-45-41(51)35-19-21-36(22-20-35)42(52)46-44-28-34-15-11-32(12-16-34)18-24-38-30-50-26-6-4-8-40(50)48(38)2/h3-30H,1-2H3/p+2/b23-17-,24-18+,43-27+,44-28+. The van der Waals surface area contributed by atoms with E-state index in [1.54, 1.807) is 36.7 Å². The SMILES string of the molecule is C[n+]1c(/C=C\c2ccc(/C=N/NC(=O)c3ccc(C(=O)N/N=C/c4ccc(/C=C/c5cn6ccccc6[n+]5C)cc4)cc3)cc2)cn2ccccc21. The number of carbonyl (C=O) groups is 2. The van der Waals surface area contributed by atoms with Crippen LogP contribution in [-0.4, -0.2) is 33.0 Å². The van der Waals surface area contributed by atoms with E-state index in [-0.39, 0.29) is 11.8 Å². The molecule has 2 amide bonds. The summed E-state index contributed by atoms with van der Waals surface area (Å²) in [5.74, 6) is -0.772. The fourth-order valence-corrected chi connectivity index (χ4v) is 5.70. The Morgan fingerprint density at radius 3 is 1.29 bits per heavy atom. The second-order valence-corrected chi connectivity index (χ2v) is 12.1. The van der Waals surface area contributed by atoms with Crippen LogP contribution in [0.4, 0.5) is 0 Å². The zero-order valence-electron chi connectivity index (χ0n) is 28.7. The van der Waals surface area contributed by atoms with E-state index in [1.807, 2.05) is 99.3 Å². The van der Waals surface area contributed by atoms with Crippen LogP contribution in [0.25, 0.3) is 35.6 Å². The molecule has 7 aromatic rings. The van der Waals surface area contributed by atoms with Crippen LogP contribution in [0.5, 0.6) is 0 Å². The van der Waals surface area contributed by atoms with Crippen molar-refractivity contribution in [2.24, 2.45) is 24.3 Å². The van der Waals surface area contributed by atoms with Gasteiger partial charge < -0.3 is 0 Å². The molecular formula is C42H36N8O2+2. The number of hydrogen-bond donors (Lipinski definition) is 2. The summed E-state index contributed by atoms with van der Waals surface area (Å²) >= 11 is 0. The third-order valence-electron chi connectivity index (χ3n) is 8.67. The Morgan fingerprint density at radius 1 is 0.519 bits per heavy atom. The number of hydrogen-bond acceptors (Lipinski definition) is 4. The van der Waals surface area contributed by atoms with Crippen LogP contribution in [0.1, 0.15) is 54.4 Å². The lowest BCUT2D eigenvalue weighted by molar-refractivity contribution is -0.646. The summed E-state index contributed by atoms with van der Waals surface area (Å²) in [4.78, 5) is 25.3. The number of pyridine rings is 2. The van der Waals surface area contributed by atoms with Crippen LogP contribution in [0.3, 0.4) is 0 Å². The largest absolute Gasteiger partial charge is 0.286 e. The number of benzene rings is 3. The van der Waals surface area contributed by atoms with Crippen molar-refractivity contribution in [1.29, 1.82) is 0 Å². The molecule has 0 bridgehead atoms. The smallest absolute Gasteiger partial charge is 0.267 e. The molecule has 2 N–H and O–H groups in total. The highest BCUT2D eigenvalue weighted by Crippen LogP contribution is 2.11. The zero-order chi connectivity index (χ0) is 35.9. The van der Waals surface area contributed by atoms with Crippen molar-refractivity contribution in [2.45, 2.75) is 0 Å². The molecule has 254 valence electrons. The minimum absolute atomic E-state index is 0.373. The molecule has 0 aliphatic rings. The first-order valence-electron chi connectivity index (χ1n) is 16.7. The molecule has 0 aliphatic heterocycles. The summed E-state index contributed by atoms with van der Waals surface area (Å²) in [6, 6.07) is 34.2. The molecule has 0 aliphatic carbocycles. The van der Waals surface area contributed by atoms with E-state index in [0.717, 1.165) is 44.9 Å². The van der Waals surface area contributed by atoms with E-state index in [4.69, 9.17) is 0 Å². The molecule has 0 unspecified atom stereocenters. The summed E-state index contributed by atoms with van der Waals surface area (Å²) in [6.07, 6.45) is 19.6. The Balaban J connectivity index is 0.869. The van der Waals surface area contributed by atoms with Gasteiger partial charge in [0.1, 0.15) is 12.4 Å². The molecule has 3 aromatic carbocycles. The van der Waals surface area contributed by atoms with Gasteiger partial charge in [0.2, 0.25) is 0 Å². The van der Waals surface area contributed by atoms with Crippen molar-refractivity contribution in [1.82, 2.24) is 19.7 Å². The molecule has 10 heteroatoms. The minimum atomic E-state index is -0.386. The quantitative estimate of drug-likeness (QED) is 0.110. The highest BCUT2D eigenvalue weighted by molar-refractivity contribution is 5.98. The van der Waals surface area contributed by atoms with Gasteiger partial charge in [-0.25, -0.2) is 28.8 Å². The van der Waals surface area contributed by atoms with Crippen LogP contribution in [0, 0.1) is 0 Å². The van der Waals surface area contributed by atoms with Gasteiger partial charge in [0.25, 0.3) is 23.1 Å².